The van der Waals surface area contributed by atoms with Gasteiger partial charge in [0.15, 0.2) is 0 Å². The number of nitriles is 1. The Morgan fingerprint density at radius 1 is 1.24 bits per heavy atom. The average Bonchev–Trinajstić information content (AvgIpc) is 2.96. The fraction of sp³-hybridized carbons (Fsp3) is 0.846. The lowest BCUT2D eigenvalue weighted by molar-refractivity contribution is -0.131. The number of amides is 1. The molecule has 92 valence electrons. The van der Waals surface area contributed by atoms with Crippen LogP contribution in [0.15, 0.2) is 0 Å². The summed E-state index contributed by atoms with van der Waals surface area (Å²) in [6.45, 7) is 2.83. The van der Waals surface area contributed by atoms with Crippen molar-refractivity contribution in [3.05, 3.63) is 0 Å². The maximum absolute atomic E-state index is 11.6. The van der Waals surface area contributed by atoms with E-state index in [2.05, 4.69) is 11.0 Å². The minimum atomic E-state index is 0.221. The van der Waals surface area contributed by atoms with Crippen LogP contribution in [0.2, 0.25) is 0 Å². The Balaban J connectivity index is 1.67. The van der Waals surface area contributed by atoms with Crippen LogP contribution in [0.3, 0.4) is 0 Å². The summed E-state index contributed by atoms with van der Waals surface area (Å²) in [5, 5.41) is 9.16. The van der Waals surface area contributed by atoms with Crippen LogP contribution in [0.25, 0.3) is 0 Å². The Morgan fingerprint density at radius 3 is 2.94 bits per heavy atom. The van der Waals surface area contributed by atoms with Crippen LogP contribution in [-0.4, -0.2) is 47.4 Å². The molecule has 2 aliphatic heterocycles. The molecule has 0 spiro atoms. The molecule has 3 unspecified atom stereocenters. The van der Waals surface area contributed by atoms with E-state index in [4.69, 9.17) is 5.26 Å². The van der Waals surface area contributed by atoms with Crippen molar-refractivity contribution in [2.75, 3.05) is 19.6 Å². The first-order chi connectivity index (χ1) is 8.29. The summed E-state index contributed by atoms with van der Waals surface area (Å²) in [5.41, 5.74) is 0. The summed E-state index contributed by atoms with van der Waals surface area (Å²) in [6, 6.07) is 3.34. The van der Waals surface area contributed by atoms with Crippen LogP contribution in [0.5, 0.6) is 0 Å². The lowest BCUT2D eigenvalue weighted by atomic mass is 10.0. The molecule has 0 aromatic carbocycles. The summed E-state index contributed by atoms with van der Waals surface area (Å²) < 4.78 is 0. The minimum Gasteiger partial charge on any atom is -0.337 e. The Morgan fingerprint density at radius 2 is 2.12 bits per heavy atom. The number of rotatable bonds is 1. The lowest BCUT2D eigenvalue weighted by Gasteiger charge is -2.41. The zero-order valence-electron chi connectivity index (χ0n) is 10.1. The van der Waals surface area contributed by atoms with Gasteiger partial charge in [-0.2, -0.15) is 5.26 Å². The Hall–Kier alpha value is -1.08. The lowest BCUT2D eigenvalue weighted by Crippen LogP contribution is -2.55. The van der Waals surface area contributed by atoms with Crippen molar-refractivity contribution in [1.29, 1.82) is 5.26 Å². The zero-order chi connectivity index (χ0) is 11.8. The number of nitrogens with zero attached hydrogens (tertiary/aromatic N) is 3. The zero-order valence-corrected chi connectivity index (χ0v) is 10.1. The molecule has 17 heavy (non-hydrogen) atoms. The molecule has 0 aromatic rings. The third kappa shape index (κ3) is 1.83. The average molecular weight is 233 g/mol. The molecular weight excluding hydrogens is 214 g/mol. The number of carbonyl (C=O) groups is 1. The van der Waals surface area contributed by atoms with E-state index in [0.717, 1.165) is 38.9 Å². The molecule has 4 nitrogen and oxygen atoms in total. The van der Waals surface area contributed by atoms with Crippen LogP contribution >= 0.6 is 0 Å². The van der Waals surface area contributed by atoms with Crippen molar-refractivity contribution < 1.29 is 4.79 Å². The first-order valence-corrected chi connectivity index (χ1v) is 6.72. The predicted octanol–water partition coefficient (Wildman–Crippen LogP) is 0.985. The van der Waals surface area contributed by atoms with Gasteiger partial charge in [0.1, 0.15) is 0 Å². The van der Waals surface area contributed by atoms with Gasteiger partial charge < -0.3 is 4.90 Å². The van der Waals surface area contributed by atoms with Gasteiger partial charge in [0.25, 0.3) is 0 Å². The van der Waals surface area contributed by atoms with Gasteiger partial charge in [-0.15, -0.1) is 0 Å². The number of carbonyl (C=O) groups excluding carboxylic acids is 1. The van der Waals surface area contributed by atoms with E-state index in [1.165, 1.54) is 12.8 Å². The van der Waals surface area contributed by atoms with E-state index in [0.29, 0.717) is 18.0 Å². The monoisotopic (exact) mass is 233 g/mol. The standard InChI is InChI=1S/C13H19N3O/c14-8-10-2-1-3-12(10)15-6-7-16-11(9-15)4-5-13(16)17/h10-12H,1-7,9H2. The predicted molar refractivity (Wildman–Crippen MR) is 63.1 cm³/mol. The van der Waals surface area contributed by atoms with Crippen molar-refractivity contribution in [1.82, 2.24) is 9.80 Å². The first kappa shape index (κ1) is 11.0. The van der Waals surface area contributed by atoms with Gasteiger partial charge in [0.05, 0.1) is 12.0 Å². The summed E-state index contributed by atoms with van der Waals surface area (Å²) in [6.07, 6.45) is 5.15. The van der Waals surface area contributed by atoms with Gasteiger partial charge in [-0.3, -0.25) is 9.69 Å². The second kappa shape index (κ2) is 4.30. The van der Waals surface area contributed by atoms with Crippen LogP contribution in [0.4, 0.5) is 0 Å². The topological polar surface area (TPSA) is 47.3 Å². The maximum Gasteiger partial charge on any atom is 0.222 e. The highest BCUT2D eigenvalue weighted by atomic mass is 16.2. The number of hydrogen-bond acceptors (Lipinski definition) is 3. The second-order valence-electron chi connectivity index (χ2n) is 5.51. The van der Waals surface area contributed by atoms with Gasteiger partial charge in [0, 0.05) is 38.1 Å². The summed E-state index contributed by atoms with van der Waals surface area (Å²) in [4.78, 5) is 16.1. The quantitative estimate of drug-likeness (QED) is 0.678. The molecule has 0 N–H and O–H groups in total. The fourth-order valence-electron chi connectivity index (χ4n) is 3.72. The summed E-state index contributed by atoms with van der Waals surface area (Å²) >= 11 is 0. The van der Waals surface area contributed by atoms with Crippen LogP contribution in [0, 0.1) is 17.2 Å². The largest absolute Gasteiger partial charge is 0.337 e. The Labute approximate surface area is 102 Å². The number of fused-ring (bicyclic) bond motifs is 1. The maximum atomic E-state index is 11.6. The first-order valence-electron chi connectivity index (χ1n) is 6.72. The number of hydrogen-bond donors (Lipinski definition) is 0. The summed E-state index contributed by atoms with van der Waals surface area (Å²) in [7, 11) is 0. The van der Waals surface area contributed by atoms with Crippen molar-refractivity contribution >= 4 is 5.91 Å². The van der Waals surface area contributed by atoms with E-state index in [1.54, 1.807) is 0 Å². The normalized spacial score (nSPS) is 38.2. The molecule has 3 aliphatic rings. The van der Waals surface area contributed by atoms with Crippen LogP contribution in [0.1, 0.15) is 32.1 Å². The number of piperazine rings is 1. The van der Waals surface area contributed by atoms with Crippen LogP contribution in [-0.2, 0) is 4.79 Å². The van der Waals surface area contributed by atoms with Gasteiger partial charge in [-0.1, -0.05) is 6.42 Å². The van der Waals surface area contributed by atoms with Crippen molar-refractivity contribution in [3.8, 4) is 6.07 Å². The van der Waals surface area contributed by atoms with Gasteiger partial charge in [0.2, 0.25) is 5.91 Å². The minimum absolute atomic E-state index is 0.221. The molecule has 3 atom stereocenters. The van der Waals surface area contributed by atoms with Gasteiger partial charge in [-0.25, -0.2) is 0 Å². The Bertz CT molecular complexity index is 362. The molecule has 0 bridgehead atoms. The third-order valence-corrected chi connectivity index (χ3v) is 4.64. The molecule has 1 amide bonds. The van der Waals surface area contributed by atoms with Crippen LogP contribution < -0.4 is 0 Å². The SMILES string of the molecule is N#CC1CCCC1N1CCN2C(=O)CCC2C1. The molecule has 3 fully saturated rings. The van der Waals surface area contributed by atoms with Crippen molar-refractivity contribution in [3.63, 3.8) is 0 Å². The molecule has 4 heteroatoms. The molecule has 0 aromatic heterocycles. The van der Waals surface area contributed by atoms with E-state index in [9.17, 15) is 4.79 Å². The van der Waals surface area contributed by atoms with Crippen molar-refractivity contribution in [2.24, 2.45) is 5.92 Å². The molecule has 1 saturated carbocycles. The molecule has 0 radical (unpaired) electrons. The summed E-state index contributed by atoms with van der Waals surface area (Å²) in [5.74, 6) is 0.552. The molecule has 2 saturated heterocycles. The van der Waals surface area contributed by atoms with E-state index >= 15 is 0 Å². The molecule has 3 rings (SSSR count). The van der Waals surface area contributed by atoms with E-state index < -0.39 is 0 Å². The highest BCUT2D eigenvalue weighted by Gasteiger charge is 2.40. The van der Waals surface area contributed by atoms with Gasteiger partial charge in [-0.05, 0) is 19.3 Å². The highest BCUT2D eigenvalue weighted by Crippen LogP contribution is 2.32. The van der Waals surface area contributed by atoms with E-state index in [1.807, 2.05) is 4.90 Å². The molecule has 1 aliphatic carbocycles. The fourth-order valence-corrected chi connectivity index (χ4v) is 3.72. The van der Waals surface area contributed by atoms with E-state index in [-0.39, 0.29) is 5.92 Å². The smallest absolute Gasteiger partial charge is 0.222 e. The Kier molecular flexibility index (Phi) is 2.79. The molecule has 2 heterocycles. The highest BCUT2D eigenvalue weighted by molar-refractivity contribution is 5.78. The third-order valence-electron chi connectivity index (χ3n) is 4.64. The van der Waals surface area contributed by atoms with Crippen molar-refractivity contribution in [2.45, 2.75) is 44.2 Å². The second-order valence-corrected chi connectivity index (χ2v) is 5.51. The molecular formula is C13H19N3O. The van der Waals surface area contributed by atoms with Gasteiger partial charge >= 0.3 is 0 Å².